The van der Waals surface area contributed by atoms with Crippen LogP contribution in [0.2, 0.25) is 5.02 Å². The zero-order valence-electron chi connectivity index (χ0n) is 16.0. The first-order valence-corrected chi connectivity index (χ1v) is 9.43. The van der Waals surface area contributed by atoms with Gasteiger partial charge >= 0.3 is 0 Å². The number of halogens is 2. The lowest BCUT2D eigenvalue weighted by atomic mass is 10.1. The average Bonchev–Trinajstić information content (AvgIpc) is 2.69. The Balaban J connectivity index is 1.59. The third-order valence-corrected chi connectivity index (χ3v) is 4.76. The molecule has 0 saturated heterocycles. The van der Waals surface area contributed by atoms with Crippen LogP contribution >= 0.6 is 11.6 Å². The molecule has 0 aliphatic heterocycles. The highest BCUT2D eigenvalue weighted by Gasteiger charge is 2.08. The Morgan fingerprint density at radius 1 is 0.893 bits per heavy atom. The van der Waals surface area contributed by atoms with E-state index in [1.165, 1.54) is 23.3 Å². The molecule has 28 heavy (non-hydrogen) atoms. The minimum absolute atomic E-state index is 0.237. The van der Waals surface area contributed by atoms with Crippen molar-refractivity contribution in [1.29, 1.82) is 0 Å². The zero-order valence-corrected chi connectivity index (χ0v) is 16.7. The fourth-order valence-electron chi connectivity index (χ4n) is 2.79. The fraction of sp³-hybridized carbons (Fsp3) is 0.217. The highest BCUT2D eigenvalue weighted by molar-refractivity contribution is 6.31. The van der Waals surface area contributed by atoms with Crippen molar-refractivity contribution in [2.75, 3.05) is 7.11 Å². The van der Waals surface area contributed by atoms with Crippen LogP contribution < -0.4 is 14.8 Å². The summed E-state index contributed by atoms with van der Waals surface area (Å²) < 4.78 is 24.4. The lowest BCUT2D eigenvalue weighted by molar-refractivity contribution is 0.284. The summed E-state index contributed by atoms with van der Waals surface area (Å²) in [5, 5.41) is 3.77. The molecule has 0 fully saturated rings. The lowest BCUT2D eigenvalue weighted by Gasteiger charge is -2.13. The van der Waals surface area contributed by atoms with Crippen LogP contribution in [0.25, 0.3) is 0 Å². The van der Waals surface area contributed by atoms with Gasteiger partial charge in [0.1, 0.15) is 12.4 Å². The minimum atomic E-state index is -0.367. The van der Waals surface area contributed by atoms with Gasteiger partial charge in [-0.15, -0.1) is 0 Å². The van der Waals surface area contributed by atoms with Crippen molar-refractivity contribution >= 4 is 11.6 Å². The van der Waals surface area contributed by atoms with Gasteiger partial charge in [-0.3, -0.25) is 0 Å². The Morgan fingerprint density at radius 2 is 1.61 bits per heavy atom. The minimum Gasteiger partial charge on any atom is -0.493 e. The molecule has 0 unspecified atom stereocenters. The molecule has 0 bridgehead atoms. The maximum atomic E-state index is 13.2. The van der Waals surface area contributed by atoms with E-state index in [2.05, 4.69) is 36.5 Å². The summed E-state index contributed by atoms with van der Waals surface area (Å²) in [4.78, 5) is 0. The third kappa shape index (κ3) is 5.47. The average molecular weight is 400 g/mol. The molecule has 5 heteroatoms. The summed E-state index contributed by atoms with van der Waals surface area (Å²) in [5.41, 5.74) is 4.31. The smallest absolute Gasteiger partial charge is 0.161 e. The molecular formula is C23H23ClFNO2. The maximum absolute atomic E-state index is 13.2. The second-order valence-electron chi connectivity index (χ2n) is 6.60. The number of methoxy groups -OCH3 is 1. The Morgan fingerprint density at radius 3 is 2.32 bits per heavy atom. The number of ether oxygens (including phenoxy) is 2. The third-order valence-electron chi connectivity index (χ3n) is 4.41. The number of aryl methyl sites for hydroxylation is 1. The highest BCUT2D eigenvalue weighted by Crippen LogP contribution is 2.29. The Bertz CT molecular complexity index is 928. The van der Waals surface area contributed by atoms with Crippen LogP contribution in [0.15, 0.2) is 60.7 Å². The van der Waals surface area contributed by atoms with Gasteiger partial charge in [-0.2, -0.15) is 0 Å². The SMILES string of the molecule is COc1cc(CNCc2ccc(C)cc2)ccc1OCc1ccc(F)cc1Cl. The predicted octanol–water partition coefficient (Wildman–Crippen LogP) is 5.66. The molecule has 0 atom stereocenters. The number of hydrogen-bond donors (Lipinski definition) is 1. The van der Waals surface area contributed by atoms with Gasteiger partial charge in [0.25, 0.3) is 0 Å². The van der Waals surface area contributed by atoms with Crippen LogP contribution in [0.4, 0.5) is 4.39 Å². The summed E-state index contributed by atoms with van der Waals surface area (Å²) in [6.45, 7) is 3.83. The van der Waals surface area contributed by atoms with E-state index >= 15 is 0 Å². The summed E-state index contributed by atoms with van der Waals surface area (Å²) in [5.74, 6) is 0.895. The van der Waals surface area contributed by atoms with E-state index in [0.717, 1.165) is 12.1 Å². The van der Waals surface area contributed by atoms with Gasteiger partial charge in [0.15, 0.2) is 11.5 Å². The normalized spacial score (nSPS) is 10.7. The van der Waals surface area contributed by atoms with E-state index in [1.54, 1.807) is 13.2 Å². The maximum Gasteiger partial charge on any atom is 0.161 e. The Kier molecular flexibility index (Phi) is 6.90. The van der Waals surface area contributed by atoms with Gasteiger partial charge in [0.2, 0.25) is 0 Å². The molecule has 0 aliphatic rings. The first-order valence-electron chi connectivity index (χ1n) is 9.05. The van der Waals surface area contributed by atoms with E-state index in [9.17, 15) is 4.39 Å². The summed E-state index contributed by atoms with van der Waals surface area (Å²) in [6, 6.07) is 18.5. The van der Waals surface area contributed by atoms with Crippen molar-refractivity contribution in [2.45, 2.75) is 26.6 Å². The quantitative estimate of drug-likeness (QED) is 0.529. The molecule has 3 aromatic rings. The van der Waals surface area contributed by atoms with Crippen LogP contribution in [-0.4, -0.2) is 7.11 Å². The molecule has 3 rings (SSSR count). The molecule has 0 aromatic heterocycles. The van der Waals surface area contributed by atoms with Crippen molar-refractivity contribution in [3.8, 4) is 11.5 Å². The molecule has 0 saturated carbocycles. The largest absolute Gasteiger partial charge is 0.493 e. The second kappa shape index (κ2) is 9.58. The van der Waals surface area contributed by atoms with E-state index in [-0.39, 0.29) is 12.4 Å². The Labute approximate surface area is 170 Å². The number of hydrogen-bond acceptors (Lipinski definition) is 3. The highest BCUT2D eigenvalue weighted by atomic mass is 35.5. The molecule has 0 heterocycles. The van der Waals surface area contributed by atoms with Gasteiger partial charge in [-0.1, -0.05) is 53.6 Å². The molecule has 1 N–H and O–H groups in total. The second-order valence-corrected chi connectivity index (χ2v) is 7.01. The van der Waals surface area contributed by atoms with Crippen molar-refractivity contribution in [3.63, 3.8) is 0 Å². The van der Waals surface area contributed by atoms with Gasteiger partial charge < -0.3 is 14.8 Å². The van der Waals surface area contributed by atoms with Crippen LogP contribution in [0, 0.1) is 12.7 Å². The van der Waals surface area contributed by atoms with Crippen molar-refractivity contribution in [3.05, 3.63) is 93.8 Å². The van der Waals surface area contributed by atoms with Crippen molar-refractivity contribution in [2.24, 2.45) is 0 Å². The summed E-state index contributed by atoms with van der Waals surface area (Å²) in [7, 11) is 1.61. The van der Waals surface area contributed by atoms with E-state index < -0.39 is 0 Å². The number of rotatable bonds is 8. The van der Waals surface area contributed by atoms with Crippen LogP contribution in [0.5, 0.6) is 11.5 Å². The monoisotopic (exact) mass is 399 g/mol. The predicted molar refractivity (Wildman–Crippen MR) is 110 cm³/mol. The Hall–Kier alpha value is -2.56. The standard InChI is InChI=1S/C23H23ClFNO2/c1-16-3-5-17(6-4-16)13-26-14-18-7-10-22(23(11-18)27-2)28-15-19-8-9-20(25)12-21(19)24/h3-12,26H,13-15H2,1-2H3. The molecule has 0 amide bonds. The number of benzene rings is 3. The molecular weight excluding hydrogens is 377 g/mol. The molecule has 146 valence electrons. The van der Waals surface area contributed by atoms with E-state index in [0.29, 0.717) is 28.6 Å². The van der Waals surface area contributed by atoms with Crippen molar-refractivity contribution in [1.82, 2.24) is 5.32 Å². The van der Waals surface area contributed by atoms with Gasteiger partial charge in [-0.05, 0) is 42.3 Å². The van der Waals surface area contributed by atoms with Crippen LogP contribution in [0.3, 0.4) is 0 Å². The molecule has 0 spiro atoms. The summed E-state index contributed by atoms with van der Waals surface area (Å²) >= 11 is 6.05. The van der Waals surface area contributed by atoms with E-state index in [4.69, 9.17) is 21.1 Å². The van der Waals surface area contributed by atoms with Crippen molar-refractivity contribution < 1.29 is 13.9 Å². The first kappa shape index (κ1) is 20.2. The zero-order chi connectivity index (χ0) is 19.9. The summed E-state index contributed by atoms with van der Waals surface area (Å²) in [6.07, 6.45) is 0. The van der Waals surface area contributed by atoms with E-state index in [1.807, 2.05) is 18.2 Å². The van der Waals surface area contributed by atoms with Gasteiger partial charge in [-0.25, -0.2) is 4.39 Å². The number of nitrogens with one attached hydrogen (secondary N) is 1. The van der Waals surface area contributed by atoms with Gasteiger partial charge in [0.05, 0.1) is 12.1 Å². The topological polar surface area (TPSA) is 30.5 Å². The first-order chi connectivity index (χ1) is 13.5. The molecule has 0 aliphatic carbocycles. The lowest BCUT2D eigenvalue weighted by Crippen LogP contribution is -2.12. The fourth-order valence-corrected chi connectivity index (χ4v) is 3.01. The van der Waals surface area contributed by atoms with Crippen LogP contribution in [0.1, 0.15) is 22.3 Å². The van der Waals surface area contributed by atoms with Gasteiger partial charge in [0, 0.05) is 18.7 Å². The molecule has 3 nitrogen and oxygen atoms in total. The molecule has 0 radical (unpaired) electrons. The van der Waals surface area contributed by atoms with Crippen LogP contribution in [-0.2, 0) is 19.7 Å². The molecule has 3 aromatic carbocycles.